The second-order valence-corrected chi connectivity index (χ2v) is 16.7. The highest BCUT2D eigenvalue weighted by atomic mass is 15.3. The zero-order valence-electron chi connectivity index (χ0n) is 31.9. The Morgan fingerprint density at radius 3 is 1.95 bits per heavy atom. The van der Waals surface area contributed by atoms with Crippen LogP contribution in [0.25, 0.3) is 44.4 Å². The molecule has 0 N–H and O–H groups in total. The van der Waals surface area contributed by atoms with Crippen LogP contribution in [0.4, 0.5) is 28.4 Å². The number of anilines is 5. The average Bonchev–Trinajstić information content (AvgIpc) is 3.71. The molecule has 268 valence electrons. The van der Waals surface area contributed by atoms with E-state index < -0.39 is 0 Å². The first-order valence-corrected chi connectivity index (χ1v) is 20.4. The zero-order chi connectivity index (χ0) is 37.2. The fraction of sp³-hybridized carbons (Fsp3) is 0.154. The summed E-state index contributed by atoms with van der Waals surface area (Å²) < 4.78 is 2.75. The third-order valence-corrected chi connectivity index (χ3v) is 14.1. The number of aromatic nitrogens is 1. The fourth-order valence-electron chi connectivity index (χ4n) is 11.5. The van der Waals surface area contributed by atoms with Crippen molar-refractivity contribution in [2.75, 3.05) is 9.80 Å². The van der Waals surface area contributed by atoms with E-state index in [4.69, 9.17) is 0 Å². The summed E-state index contributed by atoms with van der Waals surface area (Å²) in [6, 6.07) is 63.7. The second-order valence-electron chi connectivity index (χ2n) is 16.7. The van der Waals surface area contributed by atoms with Crippen LogP contribution in [-0.2, 0) is 5.41 Å². The lowest BCUT2D eigenvalue weighted by atomic mass is 9.45. The van der Waals surface area contributed by atoms with Crippen molar-refractivity contribution >= 4 is 57.1 Å². The predicted molar refractivity (Wildman–Crippen MR) is 236 cm³/mol. The molecule has 1 aromatic heterocycles. The lowest BCUT2D eigenvalue weighted by molar-refractivity contribution is 0.195. The molecule has 4 heteroatoms. The summed E-state index contributed by atoms with van der Waals surface area (Å²) in [5.41, 5.74) is 19.5. The number of para-hydroxylation sites is 3. The van der Waals surface area contributed by atoms with Crippen molar-refractivity contribution in [3.05, 3.63) is 175 Å². The lowest BCUT2D eigenvalue weighted by Crippen LogP contribution is -2.57. The van der Waals surface area contributed by atoms with Crippen molar-refractivity contribution in [2.45, 2.75) is 50.5 Å². The summed E-state index contributed by atoms with van der Waals surface area (Å²) in [6.07, 6.45) is 4.87. The number of hydrogen-bond acceptors (Lipinski definition) is 2. The smallest absolute Gasteiger partial charge is 0.333 e. The van der Waals surface area contributed by atoms with Gasteiger partial charge in [-0.1, -0.05) is 153 Å². The first-order valence-electron chi connectivity index (χ1n) is 20.4. The number of rotatable bonds is 4. The van der Waals surface area contributed by atoms with Crippen molar-refractivity contribution < 1.29 is 0 Å². The molecule has 0 saturated heterocycles. The van der Waals surface area contributed by atoms with E-state index >= 15 is 0 Å². The van der Waals surface area contributed by atoms with Gasteiger partial charge in [0.05, 0.1) is 11.2 Å². The van der Waals surface area contributed by atoms with Gasteiger partial charge >= 0.3 is 6.85 Å². The molecule has 2 unspecified atom stereocenters. The molecule has 4 aliphatic rings. The molecule has 0 bridgehead atoms. The summed E-state index contributed by atoms with van der Waals surface area (Å²) >= 11 is 0. The molecule has 0 spiro atoms. The minimum Gasteiger partial charge on any atom is -0.375 e. The Hall–Kier alpha value is -6.26. The SMILES string of the molecule is CC12CCCCC1(C)N(c1ccc3c4c1c(-c1ccccc1)c(-c1ccccc1)n4B1c4ccccc4N(c4ccccc4)c4cccc-3c41)c1ccccc12. The van der Waals surface area contributed by atoms with Crippen LogP contribution < -0.4 is 20.7 Å². The van der Waals surface area contributed by atoms with Gasteiger partial charge in [0, 0.05) is 55.9 Å². The van der Waals surface area contributed by atoms with Crippen LogP contribution in [0.1, 0.15) is 45.1 Å². The number of nitrogens with zero attached hydrogens (tertiary/aromatic N) is 3. The maximum absolute atomic E-state index is 2.80. The van der Waals surface area contributed by atoms with Gasteiger partial charge in [0.25, 0.3) is 0 Å². The Morgan fingerprint density at radius 2 is 1.16 bits per heavy atom. The van der Waals surface area contributed by atoms with Gasteiger partial charge in [-0.15, -0.1) is 0 Å². The summed E-state index contributed by atoms with van der Waals surface area (Å²) in [5.74, 6) is 0. The quantitative estimate of drug-likeness (QED) is 0.168. The minimum atomic E-state index is -0.0742. The van der Waals surface area contributed by atoms with Gasteiger partial charge in [0.1, 0.15) is 0 Å². The second kappa shape index (κ2) is 11.6. The molecule has 0 radical (unpaired) electrons. The molecule has 8 aromatic rings. The monoisotopic (exact) mass is 719 g/mol. The van der Waals surface area contributed by atoms with Crippen LogP contribution >= 0.6 is 0 Å². The van der Waals surface area contributed by atoms with Crippen molar-refractivity contribution in [2.24, 2.45) is 0 Å². The van der Waals surface area contributed by atoms with E-state index in [1.807, 2.05) is 0 Å². The van der Waals surface area contributed by atoms with Crippen molar-refractivity contribution in [1.82, 2.24) is 4.48 Å². The van der Waals surface area contributed by atoms with Crippen LogP contribution in [-0.4, -0.2) is 16.9 Å². The largest absolute Gasteiger partial charge is 0.375 e. The highest BCUT2D eigenvalue weighted by Gasteiger charge is 2.58. The predicted octanol–water partition coefficient (Wildman–Crippen LogP) is 12.1. The molecule has 1 aliphatic carbocycles. The number of hydrogen-bond donors (Lipinski definition) is 0. The summed E-state index contributed by atoms with van der Waals surface area (Å²) in [6.45, 7) is 5.08. The normalized spacial score (nSPS) is 20.1. The minimum absolute atomic E-state index is 0.0309. The van der Waals surface area contributed by atoms with Crippen LogP contribution in [0.3, 0.4) is 0 Å². The first-order chi connectivity index (χ1) is 27.6. The maximum atomic E-state index is 2.80. The van der Waals surface area contributed by atoms with Gasteiger partial charge in [-0.25, -0.2) is 0 Å². The van der Waals surface area contributed by atoms with Crippen molar-refractivity contribution in [3.8, 4) is 33.5 Å². The Labute approximate surface area is 329 Å². The molecule has 0 amide bonds. The molecule has 12 rings (SSSR count). The van der Waals surface area contributed by atoms with Crippen LogP contribution in [0, 0.1) is 0 Å². The highest BCUT2D eigenvalue weighted by Crippen LogP contribution is 2.63. The van der Waals surface area contributed by atoms with E-state index in [2.05, 4.69) is 198 Å². The molecule has 1 fully saturated rings. The van der Waals surface area contributed by atoms with E-state index in [0.29, 0.717) is 0 Å². The van der Waals surface area contributed by atoms with Crippen LogP contribution in [0.5, 0.6) is 0 Å². The number of benzene rings is 7. The molecule has 3 nitrogen and oxygen atoms in total. The standard InChI is InChI=1S/C52H42BN3/c1-51-33-16-17-34-52(51,2)55(42-28-14-12-26-40(42)51)44-32-31-39-38-25-18-30-45-48(38)53(41-27-13-15-29-43(41)54(45)37-23-10-5-11-24-37)56-49(36-21-8-4-9-22-36)46(47(44)50(39)56)35-19-6-3-7-20-35/h3-15,18-32H,16-17,33-34H2,1-2H3. The molecule has 3 aliphatic heterocycles. The van der Waals surface area contributed by atoms with E-state index in [1.165, 1.54) is 109 Å². The van der Waals surface area contributed by atoms with Gasteiger partial charge < -0.3 is 14.3 Å². The Kier molecular flexibility index (Phi) is 6.65. The molecule has 4 heterocycles. The van der Waals surface area contributed by atoms with Gasteiger partial charge in [-0.3, -0.25) is 0 Å². The highest BCUT2D eigenvalue weighted by molar-refractivity contribution is 6.89. The molecular formula is C52H42BN3. The van der Waals surface area contributed by atoms with Gasteiger partial charge in [-0.05, 0) is 89.3 Å². The molecule has 2 atom stereocenters. The summed E-state index contributed by atoms with van der Waals surface area (Å²) in [5, 5.41) is 1.34. The van der Waals surface area contributed by atoms with Crippen LogP contribution in [0.15, 0.2) is 170 Å². The first kappa shape index (κ1) is 32.0. The van der Waals surface area contributed by atoms with Gasteiger partial charge in [0.2, 0.25) is 0 Å². The zero-order valence-corrected chi connectivity index (χ0v) is 31.9. The molecule has 56 heavy (non-hydrogen) atoms. The number of fused-ring (bicyclic) bond motifs is 7. The van der Waals surface area contributed by atoms with Crippen molar-refractivity contribution in [3.63, 3.8) is 0 Å². The van der Waals surface area contributed by atoms with E-state index in [9.17, 15) is 0 Å². The van der Waals surface area contributed by atoms with Crippen molar-refractivity contribution in [1.29, 1.82) is 0 Å². The summed E-state index contributed by atoms with van der Waals surface area (Å²) in [7, 11) is 0. The average molecular weight is 720 g/mol. The lowest BCUT2D eigenvalue weighted by Gasteiger charge is -2.50. The Morgan fingerprint density at radius 1 is 0.518 bits per heavy atom. The maximum Gasteiger partial charge on any atom is 0.333 e. The Balaban J connectivity index is 1.27. The third kappa shape index (κ3) is 4.04. The summed E-state index contributed by atoms with van der Waals surface area (Å²) in [4.78, 5) is 5.28. The van der Waals surface area contributed by atoms with Gasteiger partial charge in [-0.2, -0.15) is 0 Å². The van der Waals surface area contributed by atoms with Gasteiger partial charge in [0.15, 0.2) is 0 Å². The van der Waals surface area contributed by atoms with E-state index in [1.54, 1.807) is 0 Å². The molecule has 1 saturated carbocycles. The topological polar surface area (TPSA) is 11.4 Å². The molecular weight excluding hydrogens is 677 g/mol. The fourth-order valence-corrected chi connectivity index (χ4v) is 11.5. The van der Waals surface area contributed by atoms with E-state index in [-0.39, 0.29) is 17.8 Å². The Bertz CT molecular complexity index is 2860. The van der Waals surface area contributed by atoms with E-state index in [0.717, 1.165) is 6.42 Å². The van der Waals surface area contributed by atoms with Crippen LogP contribution in [0.2, 0.25) is 0 Å². The molecule has 7 aromatic carbocycles. The third-order valence-electron chi connectivity index (χ3n) is 14.1.